The third-order valence-electron chi connectivity index (χ3n) is 2.31. The molecule has 0 saturated carbocycles. The number of benzene rings is 1. The van der Waals surface area contributed by atoms with Crippen molar-refractivity contribution in [3.05, 3.63) is 34.9 Å². The standard InChI is InChI=1S/C12H15ClO2/c1-8(2)9(3)15-12(14)10-4-6-11(13)7-5-10/h4-9H,1-3H3. The van der Waals surface area contributed by atoms with Crippen molar-refractivity contribution in [3.8, 4) is 0 Å². The molecule has 3 heteroatoms. The van der Waals surface area contributed by atoms with Crippen LogP contribution in [0.3, 0.4) is 0 Å². The minimum Gasteiger partial charge on any atom is -0.459 e. The summed E-state index contributed by atoms with van der Waals surface area (Å²) in [7, 11) is 0. The van der Waals surface area contributed by atoms with Gasteiger partial charge in [0, 0.05) is 5.02 Å². The fraction of sp³-hybridized carbons (Fsp3) is 0.417. The molecule has 0 heterocycles. The molecule has 1 aromatic carbocycles. The van der Waals surface area contributed by atoms with Gasteiger partial charge in [0.2, 0.25) is 0 Å². The first kappa shape index (κ1) is 12.1. The highest BCUT2D eigenvalue weighted by Gasteiger charge is 2.14. The van der Waals surface area contributed by atoms with Crippen LogP contribution in [0.15, 0.2) is 24.3 Å². The van der Waals surface area contributed by atoms with E-state index in [-0.39, 0.29) is 12.1 Å². The van der Waals surface area contributed by atoms with E-state index in [1.807, 2.05) is 20.8 Å². The van der Waals surface area contributed by atoms with Crippen molar-refractivity contribution < 1.29 is 9.53 Å². The monoisotopic (exact) mass is 226 g/mol. The number of halogens is 1. The van der Waals surface area contributed by atoms with E-state index in [9.17, 15) is 4.79 Å². The molecule has 0 bridgehead atoms. The molecule has 1 atom stereocenters. The zero-order valence-corrected chi connectivity index (χ0v) is 9.91. The molecule has 0 fully saturated rings. The molecule has 15 heavy (non-hydrogen) atoms. The van der Waals surface area contributed by atoms with Gasteiger partial charge in [-0.1, -0.05) is 25.4 Å². The predicted molar refractivity (Wildman–Crippen MR) is 61.2 cm³/mol. The van der Waals surface area contributed by atoms with Gasteiger partial charge in [-0.25, -0.2) is 4.79 Å². The van der Waals surface area contributed by atoms with Crippen LogP contribution in [-0.4, -0.2) is 12.1 Å². The average Bonchev–Trinajstić information content (AvgIpc) is 2.18. The largest absolute Gasteiger partial charge is 0.459 e. The number of ether oxygens (including phenoxy) is 1. The molecule has 0 aliphatic rings. The van der Waals surface area contributed by atoms with E-state index in [2.05, 4.69) is 0 Å². The fourth-order valence-corrected chi connectivity index (χ4v) is 1.08. The van der Waals surface area contributed by atoms with Crippen LogP contribution in [0.25, 0.3) is 0 Å². The highest BCUT2D eigenvalue weighted by molar-refractivity contribution is 6.30. The van der Waals surface area contributed by atoms with Crippen molar-refractivity contribution in [1.82, 2.24) is 0 Å². The molecule has 0 radical (unpaired) electrons. The summed E-state index contributed by atoms with van der Waals surface area (Å²) in [4.78, 5) is 11.6. The molecular formula is C12H15ClO2. The Kier molecular flexibility index (Phi) is 4.15. The van der Waals surface area contributed by atoms with Crippen molar-refractivity contribution in [2.24, 2.45) is 5.92 Å². The van der Waals surface area contributed by atoms with E-state index in [1.54, 1.807) is 24.3 Å². The Morgan fingerprint density at radius 1 is 1.20 bits per heavy atom. The van der Waals surface area contributed by atoms with Gasteiger partial charge in [0.05, 0.1) is 5.56 Å². The van der Waals surface area contributed by atoms with E-state index in [0.717, 1.165) is 0 Å². The molecule has 0 aliphatic heterocycles. The molecule has 82 valence electrons. The molecule has 0 aromatic heterocycles. The Balaban J connectivity index is 2.65. The minimum atomic E-state index is -0.298. The summed E-state index contributed by atoms with van der Waals surface area (Å²) < 4.78 is 5.26. The molecule has 1 unspecified atom stereocenters. The number of carbonyl (C=O) groups excluding carboxylic acids is 1. The Hall–Kier alpha value is -1.02. The number of carbonyl (C=O) groups is 1. The van der Waals surface area contributed by atoms with E-state index >= 15 is 0 Å². The summed E-state index contributed by atoms with van der Waals surface area (Å²) >= 11 is 5.72. The summed E-state index contributed by atoms with van der Waals surface area (Å²) in [6, 6.07) is 6.69. The quantitative estimate of drug-likeness (QED) is 0.737. The van der Waals surface area contributed by atoms with Gasteiger partial charge in [-0.2, -0.15) is 0 Å². The van der Waals surface area contributed by atoms with Gasteiger partial charge in [-0.15, -0.1) is 0 Å². The molecule has 0 aliphatic carbocycles. The van der Waals surface area contributed by atoms with Crippen LogP contribution >= 0.6 is 11.6 Å². The summed E-state index contributed by atoms with van der Waals surface area (Å²) in [5.41, 5.74) is 0.534. The second-order valence-corrected chi connectivity index (χ2v) is 4.30. The fourth-order valence-electron chi connectivity index (χ4n) is 0.959. The molecule has 0 saturated heterocycles. The number of esters is 1. The molecule has 1 rings (SSSR count). The first-order valence-corrected chi connectivity index (χ1v) is 5.35. The second kappa shape index (κ2) is 5.17. The van der Waals surface area contributed by atoms with Crippen LogP contribution < -0.4 is 0 Å². The van der Waals surface area contributed by atoms with Crippen LogP contribution in [0.5, 0.6) is 0 Å². The highest BCUT2D eigenvalue weighted by atomic mass is 35.5. The van der Waals surface area contributed by atoms with Crippen LogP contribution in [0.1, 0.15) is 31.1 Å². The lowest BCUT2D eigenvalue weighted by Crippen LogP contribution is -2.20. The third-order valence-corrected chi connectivity index (χ3v) is 2.56. The smallest absolute Gasteiger partial charge is 0.338 e. The lowest BCUT2D eigenvalue weighted by Gasteiger charge is -2.16. The van der Waals surface area contributed by atoms with E-state index < -0.39 is 0 Å². The Labute approximate surface area is 95.2 Å². The lowest BCUT2D eigenvalue weighted by atomic mass is 10.1. The van der Waals surface area contributed by atoms with Crippen molar-refractivity contribution in [2.75, 3.05) is 0 Å². The molecule has 1 aromatic rings. The zero-order chi connectivity index (χ0) is 11.4. The lowest BCUT2D eigenvalue weighted by molar-refractivity contribution is 0.0238. The van der Waals surface area contributed by atoms with Gasteiger partial charge in [0.15, 0.2) is 0 Å². The minimum absolute atomic E-state index is 0.0758. The third kappa shape index (κ3) is 3.56. The molecule has 0 N–H and O–H groups in total. The number of hydrogen-bond acceptors (Lipinski definition) is 2. The maximum atomic E-state index is 11.6. The van der Waals surface area contributed by atoms with E-state index in [0.29, 0.717) is 16.5 Å². The maximum Gasteiger partial charge on any atom is 0.338 e. The van der Waals surface area contributed by atoms with Gasteiger partial charge in [0.1, 0.15) is 6.10 Å². The molecular weight excluding hydrogens is 212 g/mol. The number of hydrogen-bond donors (Lipinski definition) is 0. The first-order valence-electron chi connectivity index (χ1n) is 4.97. The zero-order valence-electron chi connectivity index (χ0n) is 9.16. The Morgan fingerprint density at radius 3 is 2.20 bits per heavy atom. The second-order valence-electron chi connectivity index (χ2n) is 3.86. The summed E-state index contributed by atoms with van der Waals surface area (Å²) in [6.45, 7) is 5.91. The SMILES string of the molecule is CC(C)C(C)OC(=O)c1ccc(Cl)cc1. The van der Waals surface area contributed by atoms with Gasteiger partial charge in [-0.3, -0.25) is 0 Å². The highest BCUT2D eigenvalue weighted by Crippen LogP contribution is 2.13. The van der Waals surface area contributed by atoms with Crippen LogP contribution in [-0.2, 0) is 4.74 Å². The van der Waals surface area contributed by atoms with Crippen LogP contribution in [0, 0.1) is 5.92 Å². The normalized spacial score (nSPS) is 12.6. The predicted octanol–water partition coefficient (Wildman–Crippen LogP) is 3.54. The van der Waals surface area contributed by atoms with Gasteiger partial charge >= 0.3 is 5.97 Å². The average molecular weight is 227 g/mol. The van der Waals surface area contributed by atoms with Gasteiger partial charge in [-0.05, 0) is 37.1 Å². The Bertz CT molecular complexity index is 330. The van der Waals surface area contributed by atoms with E-state index in [1.165, 1.54) is 0 Å². The van der Waals surface area contributed by atoms with Crippen molar-refractivity contribution in [2.45, 2.75) is 26.9 Å². The van der Waals surface area contributed by atoms with E-state index in [4.69, 9.17) is 16.3 Å². The van der Waals surface area contributed by atoms with Gasteiger partial charge in [0.25, 0.3) is 0 Å². The van der Waals surface area contributed by atoms with Crippen molar-refractivity contribution >= 4 is 17.6 Å². The summed E-state index contributed by atoms with van der Waals surface area (Å²) in [5, 5.41) is 0.614. The molecule has 0 amide bonds. The maximum absolute atomic E-state index is 11.6. The molecule has 0 spiro atoms. The van der Waals surface area contributed by atoms with Crippen molar-refractivity contribution in [3.63, 3.8) is 0 Å². The number of rotatable bonds is 3. The van der Waals surface area contributed by atoms with Crippen LogP contribution in [0.2, 0.25) is 5.02 Å². The Morgan fingerprint density at radius 2 is 1.73 bits per heavy atom. The summed E-state index contributed by atoms with van der Waals surface area (Å²) in [6.07, 6.45) is -0.0758. The summed E-state index contributed by atoms with van der Waals surface area (Å²) in [5.74, 6) is 0.0223. The van der Waals surface area contributed by atoms with Crippen molar-refractivity contribution in [1.29, 1.82) is 0 Å². The molecule has 2 nitrogen and oxygen atoms in total. The van der Waals surface area contributed by atoms with Crippen LogP contribution in [0.4, 0.5) is 0 Å². The first-order chi connectivity index (χ1) is 7.00. The van der Waals surface area contributed by atoms with Gasteiger partial charge < -0.3 is 4.74 Å². The topological polar surface area (TPSA) is 26.3 Å².